The van der Waals surface area contributed by atoms with Crippen molar-refractivity contribution in [3.05, 3.63) is 146 Å². The first kappa shape index (κ1) is 23.9. The molecule has 0 bridgehead atoms. The highest BCUT2D eigenvalue weighted by Crippen LogP contribution is 2.41. The van der Waals surface area contributed by atoms with Crippen molar-refractivity contribution in [2.24, 2.45) is 0 Å². The molecule has 0 amide bonds. The SMILES string of the molecule is c1ccc2cc(-c3nc(-c4cc(-c5ccc6ccccc6c5)c5c(c4)oc4ccccc45)nc4ccccc34)ccc2c1. The fourth-order valence-corrected chi connectivity index (χ4v) is 6.33. The van der Waals surface area contributed by atoms with Crippen LogP contribution in [0.1, 0.15) is 0 Å². The van der Waals surface area contributed by atoms with E-state index in [9.17, 15) is 0 Å². The molecule has 0 N–H and O–H groups in total. The van der Waals surface area contributed by atoms with Gasteiger partial charge in [0.2, 0.25) is 0 Å². The maximum atomic E-state index is 6.46. The molecule has 0 aliphatic rings. The van der Waals surface area contributed by atoms with Gasteiger partial charge in [0.25, 0.3) is 0 Å². The second-order valence-corrected chi connectivity index (χ2v) is 11.0. The molecule has 200 valence electrons. The molecule has 0 saturated heterocycles. The predicted molar refractivity (Wildman–Crippen MR) is 178 cm³/mol. The maximum Gasteiger partial charge on any atom is 0.160 e. The molecule has 43 heavy (non-hydrogen) atoms. The first-order valence-corrected chi connectivity index (χ1v) is 14.5. The standard InChI is InChI=1S/C40H24N2O/c1-3-11-27-21-29(19-17-25(27)9-1)34-23-31(24-37-38(34)33-14-6-8-16-36(33)43-37)40-41-35-15-7-5-13-32(35)39(42-40)30-20-18-26-10-2-4-12-28(26)22-30/h1-24H. The van der Waals surface area contributed by atoms with Gasteiger partial charge in [0, 0.05) is 27.3 Å². The monoisotopic (exact) mass is 548 g/mol. The lowest BCUT2D eigenvalue weighted by Crippen LogP contribution is -1.96. The normalized spacial score (nSPS) is 11.7. The van der Waals surface area contributed by atoms with Crippen molar-refractivity contribution in [3.63, 3.8) is 0 Å². The smallest absolute Gasteiger partial charge is 0.160 e. The molecule has 2 aromatic heterocycles. The molecular weight excluding hydrogens is 524 g/mol. The molecule has 0 aliphatic heterocycles. The van der Waals surface area contributed by atoms with Crippen LogP contribution in [0.15, 0.2) is 150 Å². The minimum Gasteiger partial charge on any atom is -0.456 e. The van der Waals surface area contributed by atoms with Crippen LogP contribution in [-0.4, -0.2) is 9.97 Å². The number of hydrogen-bond acceptors (Lipinski definition) is 3. The van der Waals surface area contributed by atoms with Crippen molar-refractivity contribution < 1.29 is 4.42 Å². The van der Waals surface area contributed by atoms with E-state index < -0.39 is 0 Å². The Hall–Kier alpha value is -5.80. The summed E-state index contributed by atoms with van der Waals surface area (Å²) >= 11 is 0. The van der Waals surface area contributed by atoms with Gasteiger partial charge in [0.15, 0.2) is 5.82 Å². The zero-order valence-electron chi connectivity index (χ0n) is 23.2. The molecule has 3 nitrogen and oxygen atoms in total. The zero-order chi connectivity index (χ0) is 28.3. The number of hydrogen-bond donors (Lipinski definition) is 0. The number of furan rings is 1. The Morgan fingerprint density at radius 1 is 0.419 bits per heavy atom. The Bertz CT molecular complexity index is 2520. The first-order valence-electron chi connectivity index (χ1n) is 14.5. The van der Waals surface area contributed by atoms with Gasteiger partial charge >= 0.3 is 0 Å². The average molecular weight is 549 g/mol. The highest BCUT2D eigenvalue weighted by atomic mass is 16.3. The quantitative estimate of drug-likeness (QED) is 0.220. The van der Waals surface area contributed by atoms with Crippen LogP contribution in [0.5, 0.6) is 0 Å². The van der Waals surface area contributed by atoms with Gasteiger partial charge in [-0.3, -0.25) is 0 Å². The van der Waals surface area contributed by atoms with Crippen LogP contribution in [-0.2, 0) is 0 Å². The number of rotatable bonds is 3. The van der Waals surface area contributed by atoms with Gasteiger partial charge in [0.05, 0.1) is 11.2 Å². The molecule has 0 spiro atoms. The van der Waals surface area contributed by atoms with Gasteiger partial charge in [-0.1, -0.05) is 109 Å². The van der Waals surface area contributed by atoms with E-state index in [4.69, 9.17) is 14.4 Å². The molecule has 0 saturated carbocycles. The van der Waals surface area contributed by atoms with Crippen LogP contribution in [0.2, 0.25) is 0 Å². The second kappa shape index (κ2) is 9.37. The largest absolute Gasteiger partial charge is 0.456 e. The minimum atomic E-state index is 0.672. The summed E-state index contributed by atoms with van der Waals surface area (Å²) in [5.41, 5.74) is 7.75. The van der Waals surface area contributed by atoms with Crippen LogP contribution in [0.25, 0.3) is 88.2 Å². The van der Waals surface area contributed by atoms with E-state index in [-0.39, 0.29) is 0 Å². The van der Waals surface area contributed by atoms with E-state index in [0.29, 0.717) is 5.82 Å². The third-order valence-electron chi connectivity index (χ3n) is 8.42. The average Bonchev–Trinajstić information content (AvgIpc) is 3.45. The number of nitrogens with zero attached hydrogens (tertiary/aromatic N) is 2. The van der Waals surface area contributed by atoms with Gasteiger partial charge < -0.3 is 4.42 Å². The Balaban J connectivity index is 1.32. The number of fused-ring (bicyclic) bond motifs is 6. The zero-order valence-corrected chi connectivity index (χ0v) is 23.2. The summed E-state index contributed by atoms with van der Waals surface area (Å²) in [5.74, 6) is 0.672. The highest BCUT2D eigenvalue weighted by molar-refractivity contribution is 6.14. The highest BCUT2D eigenvalue weighted by Gasteiger charge is 2.18. The third kappa shape index (κ3) is 3.90. The van der Waals surface area contributed by atoms with Gasteiger partial charge in [-0.25, -0.2) is 9.97 Å². The molecular formula is C40H24N2O. The van der Waals surface area contributed by atoms with Gasteiger partial charge in [0.1, 0.15) is 11.2 Å². The van der Waals surface area contributed by atoms with Crippen LogP contribution >= 0.6 is 0 Å². The van der Waals surface area contributed by atoms with Gasteiger partial charge in [-0.05, 0) is 69.1 Å². The van der Waals surface area contributed by atoms with Gasteiger partial charge in [-0.2, -0.15) is 0 Å². The Morgan fingerprint density at radius 3 is 1.84 bits per heavy atom. The molecule has 9 rings (SSSR count). The molecule has 9 aromatic rings. The van der Waals surface area contributed by atoms with E-state index >= 15 is 0 Å². The van der Waals surface area contributed by atoms with Crippen molar-refractivity contribution in [2.45, 2.75) is 0 Å². The van der Waals surface area contributed by atoms with Crippen molar-refractivity contribution in [3.8, 4) is 33.8 Å². The topological polar surface area (TPSA) is 38.9 Å². The lowest BCUT2D eigenvalue weighted by atomic mass is 9.95. The van der Waals surface area contributed by atoms with Crippen LogP contribution in [0, 0.1) is 0 Å². The van der Waals surface area contributed by atoms with Crippen molar-refractivity contribution in [2.75, 3.05) is 0 Å². The van der Waals surface area contributed by atoms with Crippen molar-refractivity contribution in [1.29, 1.82) is 0 Å². The van der Waals surface area contributed by atoms with E-state index in [0.717, 1.165) is 60.8 Å². The number of benzene rings is 7. The molecule has 7 aromatic carbocycles. The molecule has 0 radical (unpaired) electrons. The summed E-state index contributed by atoms with van der Waals surface area (Å²) in [7, 11) is 0. The predicted octanol–water partition coefficient (Wildman–Crippen LogP) is 10.8. The third-order valence-corrected chi connectivity index (χ3v) is 8.42. The summed E-state index contributed by atoms with van der Waals surface area (Å²) in [4.78, 5) is 10.3. The summed E-state index contributed by atoms with van der Waals surface area (Å²) < 4.78 is 6.46. The summed E-state index contributed by atoms with van der Waals surface area (Å²) in [6.07, 6.45) is 0. The van der Waals surface area contributed by atoms with Gasteiger partial charge in [-0.15, -0.1) is 0 Å². The maximum absolute atomic E-state index is 6.46. The number of aromatic nitrogens is 2. The number of para-hydroxylation sites is 2. The van der Waals surface area contributed by atoms with Crippen LogP contribution in [0.4, 0.5) is 0 Å². The van der Waals surface area contributed by atoms with E-state index in [1.807, 2.05) is 24.3 Å². The molecule has 0 fully saturated rings. The fraction of sp³-hybridized carbons (Fsp3) is 0. The van der Waals surface area contributed by atoms with Crippen molar-refractivity contribution >= 4 is 54.4 Å². The van der Waals surface area contributed by atoms with E-state index in [1.165, 1.54) is 21.5 Å². The Morgan fingerprint density at radius 2 is 1.05 bits per heavy atom. The van der Waals surface area contributed by atoms with E-state index in [2.05, 4.69) is 121 Å². The van der Waals surface area contributed by atoms with Crippen LogP contribution < -0.4 is 0 Å². The first-order chi connectivity index (χ1) is 21.3. The van der Waals surface area contributed by atoms with Crippen molar-refractivity contribution in [1.82, 2.24) is 9.97 Å². The molecule has 0 unspecified atom stereocenters. The second-order valence-electron chi connectivity index (χ2n) is 11.0. The molecule has 3 heteroatoms. The Kier molecular flexibility index (Phi) is 5.20. The summed E-state index contributed by atoms with van der Waals surface area (Å²) in [6, 6.07) is 50.9. The van der Waals surface area contributed by atoms with Crippen LogP contribution in [0.3, 0.4) is 0 Å². The fourth-order valence-electron chi connectivity index (χ4n) is 6.33. The lowest BCUT2D eigenvalue weighted by Gasteiger charge is -2.12. The van der Waals surface area contributed by atoms with E-state index in [1.54, 1.807) is 0 Å². The Labute approximate surface area is 247 Å². The summed E-state index contributed by atoms with van der Waals surface area (Å²) in [5, 5.41) is 8.04. The molecule has 2 heterocycles. The minimum absolute atomic E-state index is 0.672. The molecule has 0 atom stereocenters. The summed E-state index contributed by atoms with van der Waals surface area (Å²) in [6.45, 7) is 0. The molecule has 0 aliphatic carbocycles. The lowest BCUT2D eigenvalue weighted by molar-refractivity contribution is 0.669.